The van der Waals surface area contributed by atoms with E-state index in [1.165, 1.54) is 37.0 Å². The van der Waals surface area contributed by atoms with Gasteiger partial charge in [-0.15, -0.1) is 11.8 Å². The molecule has 0 aliphatic heterocycles. The number of halogens is 7. The summed E-state index contributed by atoms with van der Waals surface area (Å²) < 4.78 is 96.8. The molecule has 0 spiro atoms. The van der Waals surface area contributed by atoms with Gasteiger partial charge in [0, 0.05) is 38.2 Å². The zero-order valence-corrected chi connectivity index (χ0v) is 18.0. The van der Waals surface area contributed by atoms with Crippen molar-refractivity contribution in [1.29, 1.82) is 0 Å². The molecule has 176 valence electrons. The highest BCUT2D eigenvalue weighted by atomic mass is 32.2. The molecular weight excluding hydrogens is 465 g/mol. The molecule has 0 radical (unpaired) electrons. The number of carbonyl (C=O) groups is 1. The molecule has 1 aliphatic rings. The Morgan fingerprint density at radius 3 is 2.38 bits per heavy atom. The van der Waals surface area contributed by atoms with Crippen LogP contribution in [0.4, 0.5) is 36.4 Å². The average molecular weight is 484 g/mol. The highest BCUT2D eigenvalue weighted by Crippen LogP contribution is 2.53. The molecule has 0 atom stereocenters. The van der Waals surface area contributed by atoms with Gasteiger partial charge in [-0.3, -0.25) is 9.48 Å². The summed E-state index contributed by atoms with van der Waals surface area (Å²) in [5, 5.41) is 6.08. The molecule has 0 unspecified atom stereocenters. The number of nitrogens with zero attached hydrogens (tertiary/aromatic N) is 3. The average Bonchev–Trinajstić information content (AvgIpc) is 2.99. The van der Waals surface area contributed by atoms with Gasteiger partial charge in [-0.05, 0) is 23.8 Å². The van der Waals surface area contributed by atoms with Crippen LogP contribution in [-0.4, -0.2) is 32.8 Å². The summed E-state index contributed by atoms with van der Waals surface area (Å²) in [6, 6.07) is 2.70. The van der Waals surface area contributed by atoms with E-state index in [0.29, 0.717) is 9.71 Å². The molecule has 1 N–H and O–H groups in total. The quantitative estimate of drug-likeness (QED) is 0.415. The van der Waals surface area contributed by atoms with E-state index in [9.17, 15) is 35.5 Å². The Bertz CT molecular complexity index is 1020. The second-order valence-electron chi connectivity index (χ2n) is 8.18. The highest BCUT2D eigenvalue weighted by Gasteiger charge is 2.55. The first-order valence-corrected chi connectivity index (χ1v) is 10.5. The lowest BCUT2D eigenvalue weighted by Crippen LogP contribution is -2.47. The topological polar surface area (TPSA) is 59.8 Å². The van der Waals surface area contributed by atoms with Crippen LogP contribution in [0, 0.1) is 5.41 Å². The Morgan fingerprint density at radius 2 is 1.88 bits per heavy atom. The molecule has 2 aromatic heterocycles. The van der Waals surface area contributed by atoms with Crippen molar-refractivity contribution in [3.63, 3.8) is 0 Å². The lowest BCUT2D eigenvalue weighted by Gasteiger charge is -2.44. The largest absolute Gasteiger partial charge is 0.420 e. The molecule has 2 aromatic rings. The molecule has 0 aromatic carbocycles. The van der Waals surface area contributed by atoms with Gasteiger partial charge in [0.25, 0.3) is 11.8 Å². The number of aromatic nitrogens is 3. The summed E-state index contributed by atoms with van der Waals surface area (Å²) in [5.41, 5.74) is -5.81. The number of amides is 1. The molecule has 2 heterocycles. The van der Waals surface area contributed by atoms with Crippen LogP contribution >= 0.6 is 11.8 Å². The summed E-state index contributed by atoms with van der Waals surface area (Å²) >= 11 is 1.21. The number of alkyl halides is 7. The number of anilines is 1. The maximum Gasteiger partial charge on any atom is 0.420 e. The second kappa shape index (κ2) is 7.92. The van der Waals surface area contributed by atoms with Crippen LogP contribution in [0.3, 0.4) is 0 Å². The Hall–Kier alpha value is -2.31. The summed E-state index contributed by atoms with van der Waals surface area (Å²) in [7, 11) is 0. The van der Waals surface area contributed by atoms with E-state index in [-0.39, 0.29) is 12.6 Å². The van der Waals surface area contributed by atoms with Crippen molar-refractivity contribution >= 4 is 23.4 Å². The summed E-state index contributed by atoms with van der Waals surface area (Å²) in [5.74, 6) is -8.38. The standard InChI is InChI=1S/C19H19F7N4OS/c1-16(7-18(22,23)8-16)9-30-13(12(19(24,25)26)14(29-30)17(2,20)21)15(31)28-10-4-5-27-11(6-10)32-3/h4-6H,7-9H2,1-3H3,(H,27,28,31). The highest BCUT2D eigenvalue weighted by molar-refractivity contribution is 7.98. The summed E-state index contributed by atoms with van der Waals surface area (Å²) in [6.45, 7) is 1.04. The minimum absolute atomic E-state index is 0.0847. The number of nitrogens with one attached hydrogen (secondary N) is 1. The Kier molecular flexibility index (Phi) is 6.03. The van der Waals surface area contributed by atoms with Crippen LogP contribution in [0.5, 0.6) is 0 Å². The molecule has 32 heavy (non-hydrogen) atoms. The van der Waals surface area contributed by atoms with Crippen LogP contribution in [0.1, 0.15) is 48.4 Å². The van der Waals surface area contributed by atoms with Gasteiger partial charge in [-0.25, -0.2) is 13.8 Å². The number of hydrogen-bond acceptors (Lipinski definition) is 4. The first-order valence-electron chi connectivity index (χ1n) is 9.30. The van der Waals surface area contributed by atoms with Crippen molar-refractivity contribution in [2.75, 3.05) is 11.6 Å². The van der Waals surface area contributed by atoms with Gasteiger partial charge in [0.2, 0.25) is 5.92 Å². The minimum atomic E-state index is -5.34. The molecule has 5 nitrogen and oxygen atoms in total. The third-order valence-electron chi connectivity index (χ3n) is 4.97. The maximum absolute atomic E-state index is 14.0. The molecule has 13 heteroatoms. The van der Waals surface area contributed by atoms with Crippen LogP contribution in [0.25, 0.3) is 0 Å². The first kappa shape index (κ1) is 24.3. The van der Waals surface area contributed by atoms with Crippen LogP contribution in [0.15, 0.2) is 23.4 Å². The lowest BCUT2D eigenvalue weighted by molar-refractivity contribution is -0.160. The van der Waals surface area contributed by atoms with Crippen molar-refractivity contribution in [3.8, 4) is 0 Å². The maximum atomic E-state index is 14.0. The van der Waals surface area contributed by atoms with E-state index in [0.717, 1.165) is 0 Å². The van der Waals surface area contributed by atoms with E-state index < -0.39 is 65.7 Å². The third-order valence-corrected chi connectivity index (χ3v) is 5.61. The smallest absolute Gasteiger partial charge is 0.321 e. The monoisotopic (exact) mass is 484 g/mol. The van der Waals surface area contributed by atoms with Crippen LogP contribution in [0.2, 0.25) is 0 Å². The molecule has 1 fully saturated rings. The predicted octanol–water partition coefficient (Wildman–Crippen LogP) is 5.82. The Balaban J connectivity index is 2.10. The molecule has 3 rings (SSSR count). The number of carbonyl (C=O) groups excluding carboxylic acids is 1. The van der Waals surface area contributed by atoms with Gasteiger partial charge in [0.1, 0.15) is 17.0 Å². The lowest BCUT2D eigenvalue weighted by atomic mass is 9.67. The number of hydrogen-bond donors (Lipinski definition) is 1. The molecular formula is C19H19F7N4OS. The van der Waals surface area contributed by atoms with Crippen molar-refractivity contribution in [2.45, 2.75) is 56.3 Å². The molecule has 1 aliphatic carbocycles. The Labute approximate surface area is 182 Å². The van der Waals surface area contributed by atoms with E-state index >= 15 is 0 Å². The minimum Gasteiger partial charge on any atom is -0.321 e. The van der Waals surface area contributed by atoms with Crippen LogP contribution in [-0.2, 0) is 18.6 Å². The number of thioether (sulfide) groups is 1. The number of pyridine rings is 1. The fourth-order valence-electron chi connectivity index (χ4n) is 3.84. The van der Waals surface area contributed by atoms with E-state index in [1.807, 2.05) is 0 Å². The zero-order chi connectivity index (χ0) is 24.1. The zero-order valence-electron chi connectivity index (χ0n) is 17.2. The van der Waals surface area contributed by atoms with E-state index in [1.54, 1.807) is 6.26 Å². The normalized spacial score (nSPS) is 17.7. The van der Waals surface area contributed by atoms with Gasteiger partial charge in [-0.2, -0.15) is 27.1 Å². The van der Waals surface area contributed by atoms with Gasteiger partial charge in [0.05, 0.1) is 5.03 Å². The van der Waals surface area contributed by atoms with Crippen molar-refractivity contribution in [2.24, 2.45) is 5.41 Å². The summed E-state index contributed by atoms with van der Waals surface area (Å²) in [4.78, 5) is 16.8. The molecule has 0 bridgehead atoms. The van der Waals surface area contributed by atoms with Gasteiger partial charge in [-0.1, -0.05) is 6.92 Å². The third kappa shape index (κ3) is 5.02. The SMILES string of the molecule is CSc1cc(NC(=O)c2c(C(F)(F)F)c(C(C)(F)F)nn2CC2(C)CC(F)(F)C2)ccn1. The predicted molar refractivity (Wildman–Crippen MR) is 103 cm³/mol. The molecule has 0 saturated heterocycles. The van der Waals surface area contributed by atoms with E-state index in [2.05, 4.69) is 15.4 Å². The van der Waals surface area contributed by atoms with Crippen molar-refractivity contribution in [1.82, 2.24) is 14.8 Å². The molecule has 1 saturated carbocycles. The van der Waals surface area contributed by atoms with Gasteiger partial charge >= 0.3 is 6.18 Å². The second-order valence-corrected chi connectivity index (χ2v) is 9.00. The van der Waals surface area contributed by atoms with Crippen molar-refractivity contribution < 1.29 is 35.5 Å². The van der Waals surface area contributed by atoms with Gasteiger partial charge < -0.3 is 5.32 Å². The fraction of sp³-hybridized carbons (Fsp3) is 0.526. The molecule has 1 amide bonds. The van der Waals surface area contributed by atoms with E-state index in [4.69, 9.17) is 0 Å². The first-order chi connectivity index (χ1) is 14.5. The number of rotatable bonds is 6. The van der Waals surface area contributed by atoms with Crippen molar-refractivity contribution in [3.05, 3.63) is 35.3 Å². The van der Waals surface area contributed by atoms with Crippen LogP contribution < -0.4 is 5.32 Å². The van der Waals surface area contributed by atoms with Gasteiger partial charge in [0.15, 0.2) is 0 Å². The summed E-state index contributed by atoms with van der Waals surface area (Å²) in [6.07, 6.45) is -3.67. The fourth-order valence-corrected chi connectivity index (χ4v) is 4.25. The Morgan fingerprint density at radius 1 is 1.25 bits per heavy atom.